The topological polar surface area (TPSA) is 99.0 Å². The number of nitrogens with zero attached hydrogens (tertiary/aromatic N) is 2. The van der Waals surface area contributed by atoms with Gasteiger partial charge in [0.25, 0.3) is 5.91 Å². The van der Waals surface area contributed by atoms with Crippen molar-refractivity contribution in [2.24, 2.45) is 4.99 Å². The normalized spacial score (nSPS) is 13.6. The quantitative estimate of drug-likeness (QED) is 0.203. The summed E-state index contributed by atoms with van der Waals surface area (Å²) in [5, 5.41) is 3.41. The Morgan fingerprint density at radius 2 is 2.00 bits per heavy atom. The minimum Gasteiger partial charge on any atom is -0.494 e. The Hall–Kier alpha value is -2.89. The molecule has 0 bridgehead atoms. The molecule has 1 aliphatic rings. The number of nitrogens with one attached hydrogen (secondary N) is 1. The first-order chi connectivity index (χ1) is 18.4. The molecule has 0 fully saturated rings. The maximum absolute atomic E-state index is 12.7. The minimum absolute atomic E-state index is 0.0603. The average molecular weight is 574 g/mol. The van der Waals surface area contributed by atoms with E-state index in [0.717, 1.165) is 58.5 Å². The second-order valence-electron chi connectivity index (χ2n) is 8.65. The SMILES string of the molecule is C=CCn1c(=NC(=O)CSCC(=O)Nc2sc3c(c2C(=O)OC)CCCCC3)sc2cc(OCC)ccc21. The second-order valence-corrected chi connectivity index (χ2v) is 11.8. The third-order valence-corrected chi connectivity index (χ3v) is 9.19. The van der Waals surface area contributed by atoms with Crippen LogP contribution in [0, 0.1) is 0 Å². The highest BCUT2D eigenvalue weighted by Gasteiger charge is 2.26. The molecule has 3 aromatic rings. The number of methoxy groups -OCH3 is 1. The van der Waals surface area contributed by atoms with Crippen molar-refractivity contribution < 1.29 is 23.9 Å². The lowest BCUT2D eigenvalue weighted by atomic mass is 10.1. The molecule has 0 atom stereocenters. The van der Waals surface area contributed by atoms with Gasteiger partial charge in [-0.25, -0.2) is 4.79 Å². The molecule has 0 saturated heterocycles. The van der Waals surface area contributed by atoms with Crippen LogP contribution in [0.5, 0.6) is 5.75 Å². The van der Waals surface area contributed by atoms with E-state index in [9.17, 15) is 14.4 Å². The molecule has 38 heavy (non-hydrogen) atoms. The Bertz CT molecular complexity index is 1420. The van der Waals surface area contributed by atoms with Crippen LogP contribution in [-0.4, -0.2) is 47.6 Å². The molecule has 4 rings (SSSR count). The number of carbonyl (C=O) groups is 3. The van der Waals surface area contributed by atoms with Gasteiger partial charge in [-0.15, -0.1) is 29.7 Å². The number of rotatable bonds is 10. The molecule has 202 valence electrons. The fourth-order valence-electron chi connectivity index (χ4n) is 4.38. The summed E-state index contributed by atoms with van der Waals surface area (Å²) in [5.41, 5.74) is 2.43. The number of aryl methyl sites for hydroxylation is 1. The monoisotopic (exact) mass is 573 g/mol. The van der Waals surface area contributed by atoms with E-state index in [1.807, 2.05) is 29.7 Å². The minimum atomic E-state index is -0.425. The molecule has 1 aromatic carbocycles. The van der Waals surface area contributed by atoms with Crippen LogP contribution < -0.4 is 14.9 Å². The molecular formula is C27H31N3O5S3. The third kappa shape index (κ3) is 6.57. The molecule has 1 aliphatic carbocycles. The number of ether oxygens (including phenoxy) is 2. The summed E-state index contributed by atoms with van der Waals surface area (Å²) in [6.45, 7) is 6.84. The predicted octanol–water partition coefficient (Wildman–Crippen LogP) is 5.20. The number of esters is 1. The third-order valence-electron chi connectivity index (χ3n) is 6.02. The van der Waals surface area contributed by atoms with Gasteiger partial charge in [-0.05, 0) is 56.4 Å². The maximum Gasteiger partial charge on any atom is 0.341 e. The Morgan fingerprint density at radius 1 is 1.18 bits per heavy atom. The van der Waals surface area contributed by atoms with Crippen molar-refractivity contribution in [3.8, 4) is 5.75 Å². The fraction of sp³-hybridized carbons (Fsp3) is 0.407. The Morgan fingerprint density at radius 3 is 2.76 bits per heavy atom. The summed E-state index contributed by atoms with van der Waals surface area (Å²) in [6.07, 6.45) is 6.70. The van der Waals surface area contributed by atoms with Crippen LogP contribution in [0.4, 0.5) is 5.00 Å². The van der Waals surface area contributed by atoms with Gasteiger partial charge in [0.1, 0.15) is 10.8 Å². The first-order valence-electron chi connectivity index (χ1n) is 12.5. The molecule has 2 amide bonds. The van der Waals surface area contributed by atoms with Crippen molar-refractivity contribution in [1.29, 1.82) is 0 Å². The number of fused-ring (bicyclic) bond motifs is 2. The van der Waals surface area contributed by atoms with Gasteiger partial charge in [0.2, 0.25) is 5.91 Å². The summed E-state index contributed by atoms with van der Waals surface area (Å²) in [4.78, 5) is 43.9. The zero-order valence-corrected chi connectivity index (χ0v) is 24.0. The number of thiophene rings is 1. The van der Waals surface area contributed by atoms with Crippen LogP contribution in [0.2, 0.25) is 0 Å². The Labute approximate surface area is 233 Å². The highest BCUT2D eigenvalue weighted by Crippen LogP contribution is 2.38. The van der Waals surface area contributed by atoms with Gasteiger partial charge in [-0.3, -0.25) is 9.59 Å². The molecule has 2 aromatic heterocycles. The van der Waals surface area contributed by atoms with E-state index < -0.39 is 5.97 Å². The number of carbonyl (C=O) groups excluding carboxylic acids is 3. The van der Waals surface area contributed by atoms with E-state index in [0.29, 0.717) is 28.5 Å². The number of aromatic nitrogens is 1. The predicted molar refractivity (Wildman–Crippen MR) is 155 cm³/mol. The van der Waals surface area contributed by atoms with E-state index in [1.54, 1.807) is 6.08 Å². The summed E-state index contributed by atoms with van der Waals surface area (Å²) >= 11 is 4.06. The van der Waals surface area contributed by atoms with Gasteiger partial charge >= 0.3 is 5.97 Å². The summed E-state index contributed by atoms with van der Waals surface area (Å²) < 4.78 is 13.5. The van der Waals surface area contributed by atoms with Crippen molar-refractivity contribution in [1.82, 2.24) is 4.57 Å². The molecule has 2 heterocycles. The summed E-state index contributed by atoms with van der Waals surface area (Å²) in [5.74, 6) is -0.118. The van der Waals surface area contributed by atoms with Gasteiger partial charge in [-0.2, -0.15) is 4.99 Å². The molecule has 0 saturated carbocycles. The number of anilines is 1. The van der Waals surface area contributed by atoms with Crippen LogP contribution in [-0.2, 0) is 33.7 Å². The van der Waals surface area contributed by atoms with Crippen LogP contribution in [0.1, 0.15) is 47.0 Å². The summed E-state index contributed by atoms with van der Waals surface area (Å²) in [7, 11) is 1.35. The lowest BCUT2D eigenvalue weighted by Gasteiger charge is -2.07. The highest BCUT2D eigenvalue weighted by atomic mass is 32.2. The van der Waals surface area contributed by atoms with Crippen LogP contribution >= 0.6 is 34.4 Å². The number of benzene rings is 1. The largest absolute Gasteiger partial charge is 0.494 e. The van der Waals surface area contributed by atoms with Gasteiger partial charge < -0.3 is 19.4 Å². The van der Waals surface area contributed by atoms with E-state index in [2.05, 4.69) is 16.9 Å². The first kappa shape index (κ1) is 28.1. The highest BCUT2D eigenvalue weighted by molar-refractivity contribution is 8.00. The van der Waals surface area contributed by atoms with Crippen molar-refractivity contribution in [3.05, 3.63) is 51.7 Å². The average Bonchev–Trinajstić information content (AvgIpc) is 3.30. The number of thiazole rings is 1. The molecule has 0 spiro atoms. The molecule has 0 unspecified atom stereocenters. The van der Waals surface area contributed by atoms with Gasteiger partial charge in [0.05, 0.1) is 41.0 Å². The van der Waals surface area contributed by atoms with Crippen LogP contribution in [0.25, 0.3) is 10.2 Å². The number of thioether (sulfide) groups is 1. The molecular weight excluding hydrogens is 543 g/mol. The van der Waals surface area contributed by atoms with Crippen molar-refractivity contribution in [3.63, 3.8) is 0 Å². The zero-order valence-electron chi connectivity index (χ0n) is 21.5. The summed E-state index contributed by atoms with van der Waals surface area (Å²) in [6, 6.07) is 5.80. The van der Waals surface area contributed by atoms with E-state index in [-0.39, 0.29) is 23.3 Å². The van der Waals surface area contributed by atoms with E-state index in [1.165, 1.54) is 41.5 Å². The van der Waals surface area contributed by atoms with Crippen LogP contribution in [0.15, 0.2) is 35.8 Å². The smallest absolute Gasteiger partial charge is 0.341 e. The van der Waals surface area contributed by atoms with Gasteiger partial charge in [0.15, 0.2) is 4.80 Å². The van der Waals surface area contributed by atoms with Gasteiger partial charge in [0, 0.05) is 11.4 Å². The van der Waals surface area contributed by atoms with Crippen molar-refractivity contribution in [2.75, 3.05) is 30.5 Å². The molecule has 8 nitrogen and oxygen atoms in total. The van der Waals surface area contributed by atoms with Crippen molar-refractivity contribution in [2.45, 2.75) is 45.6 Å². The molecule has 1 N–H and O–H groups in total. The number of hydrogen-bond donors (Lipinski definition) is 1. The Kier molecular flexibility index (Phi) is 9.81. The standard InChI is InChI=1S/C27H31N3O5S3/c1-4-13-30-19-12-11-17(35-5-2)14-21(19)38-27(30)29-23(32)16-36-15-22(31)28-25-24(26(33)34-3)18-9-7-6-8-10-20(18)37-25/h4,11-12,14H,1,5-10,13,15-16H2,2-3H3,(H,28,31). The lowest BCUT2D eigenvalue weighted by Crippen LogP contribution is -2.19. The maximum atomic E-state index is 12.7. The molecule has 0 radical (unpaired) electrons. The number of hydrogen-bond acceptors (Lipinski definition) is 8. The number of allylic oxidation sites excluding steroid dienone is 1. The molecule has 0 aliphatic heterocycles. The van der Waals surface area contributed by atoms with E-state index in [4.69, 9.17) is 9.47 Å². The van der Waals surface area contributed by atoms with Gasteiger partial charge in [-0.1, -0.05) is 23.8 Å². The zero-order chi connectivity index (χ0) is 27.1. The lowest BCUT2D eigenvalue weighted by molar-refractivity contribution is -0.115. The first-order valence-corrected chi connectivity index (χ1v) is 15.3. The van der Waals surface area contributed by atoms with Crippen molar-refractivity contribution >= 4 is 67.4 Å². The Balaban J connectivity index is 1.42. The second kappa shape index (κ2) is 13.3. The van der Waals surface area contributed by atoms with Crippen LogP contribution in [0.3, 0.4) is 0 Å². The fourth-order valence-corrected chi connectivity index (χ4v) is 7.36. The van der Waals surface area contributed by atoms with E-state index >= 15 is 0 Å². The molecule has 11 heteroatoms. The number of amides is 2.